The second kappa shape index (κ2) is 4.81. The van der Waals surface area contributed by atoms with Crippen molar-refractivity contribution in [1.29, 1.82) is 0 Å². The van der Waals surface area contributed by atoms with E-state index in [1.54, 1.807) is 11.8 Å². The van der Waals surface area contributed by atoms with Crippen LogP contribution in [0.2, 0.25) is 0 Å². The van der Waals surface area contributed by atoms with Crippen molar-refractivity contribution in [2.24, 2.45) is 0 Å². The van der Waals surface area contributed by atoms with E-state index in [2.05, 4.69) is 16.9 Å². The number of hydrogen-bond donors (Lipinski definition) is 1. The van der Waals surface area contributed by atoms with Gasteiger partial charge in [-0.25, -0.2) is 14.8 Å². The van der Waals surface area contributed by atoms with Crippen molar-refractivity contribution in [2.75, 3.05) is 5.75 Å². The minimum atomic E-state index is -0.991. The smallest absolute Gasteiger partial charge is 0.338 e. The van der Waals surface area contributed by atoms with Gasteiger partial charge in [-0.1, -0.05) is 6.92 Å². The quantitative estimate of drug-likeness (QED) is 0.792. The summed E-state index contributed by atoms with van der Waals surface area (Å²) in [7, 11) is 0. The SMILES string of the molecule is CCSCc1ncc(C(=O)O)cn1. The molecule has 0 aromatic carbocycles. The van der Waals surface area contributed by atoms with Gasteiger partial charge in [-0.3, -0.25) is 0 Å². The van der Waals surface area contributed by atoms with Gasteiger partial charge in [0.15, 0.2) is 0 Å². The average Bonchev–Trinajstić information content (AvgIpc) is 2.15. The number of carboxylic acid groups (broad SMARTS) is 1. The lowest BCUT2D eigenvalue weighted by atomic mass is 10.3. The van der Waals surface area contributed by atoms with E-state index >= 15 is 0 Å². The molecule has 0 unspecified atom stereocenters. The molecule has 0 amide bonds. The molecule has 0 bridgehead atoms. The number of thioether (sulfide) groups is 1. The van der Waals surface area contributed by atoms with Gasteiger partial charge in [0.2, 0.25) is 0 Å². The maximum Gasteiger partial charge on any atom is 0.338 e. The van der Waals surface area contributed by atoms with Crippen LogP contribution in [0.15, 0.2) is 12.4 Å². The molecule has 0 atom stereocenters. The van der Waals surface area contributed by atoms with Crippen LogP contribution >= 0.6 is 11.8 Å². The molecule has 0 spiro atoms. The molecular formula is C8H10N2O2S. The number of hydrogen-bond acceptors (Lipinski definition) is 4. The third-order valence-corrected chi connectivity index (χ3v) is 2.26. The highest BCUT2D eigenvalue weighted by Crippen LogP contribution is 2.06. The van der Waals surface area contributed by atoms with Gasteiger partial charge in [-0.15, -0.1) is 0 Å². The fourth-order valence-corrected chi connectivity index (χ4v) is 1.27. The fourth-order valence-electron chi connectivity index (χ4n) is 0.733. The van der Waals surface area contributed by atoms with Crippen LogP contribution in [0, 0.1) is 0 Å². The van der Waals surface area contributed by atoms with Gasteiger partial charge >= 0.3 is 5.97 Å². The second-order valence-electron chi connectivity index (χ2n) is 2.33. The van der Waals surface area contributed by atoms with E-state index in [4.69, 9.17) is 5.11 Å². The zero-order chi connectivity index (χ0) is 9.68. The predicted molar refractivity (Wildman–Crippen MR) is 50.8 cm³/mol. The largest absolute Gasteiger partial charge is 0.478 e. The van der Waals surface area contributed by atoms with E-state index < -0.39 is 5.97 Å². The Bertz CT molecular complexity index is 287. The predicted octanol–water partition coefficient (Wildman–Crippen LogP) is 1.43. The summed E-state index contributed by atoms with van der Waals surface area (Å²) >= 11 is 1.70. The number of carbonyl (C=O) groups is 1. The molecule has 1 aromatic heterocycles. The Kier molecular flexibility index (Phi) is 3.70. The van der Waals surface area contributed by atoms with Crippen molar-refractivity contribution in [2.45, 2.75) is 12.7 Å². The maximum absolute atomic E-state index is 10.4. The molecule has 0 saturated heterocycles. The van der Waals surface area contributed by atoms with Crippen molar-refractivity contribution in [3.8, 4) is 0 Å². The average molecular weight is 198 g/mol. The molecule has 0 aliphatic carbocycles. The Hall–Kier alpha value is -1.10. The number of aromatic carboxylic acids is 1. The highest BCUT2D eigenvalue weighted by atomic mass is 32.2. The molecule has 0 fully saturated rings. The van der Waals surface area contributed by atoms with Crippen molar-refractivity contribution >= 4 is 17.7 Å². The fraction of sp³-hybridized carbons (Fsp3) is 0.375. The number of carboxylic acids is 1. The van der Waals surface area contributed by atoms with E-state index in [0.717, 1.165) is 11.5 Å². The Labute approximate surface area is 80.4 Å². The van der Waals surface area contributed by atoms with Crippen molar-refractivity contribution < 1.29 is 9.90 Å². The van der Waals surface area contributed by atoms with E-state index in [-0.39, 0.29) is 5.56 Å². The zero-order valence-electron chi connectivity index (χ0n) is 7.23. The Morgan fingerprint density at radius 3 is 2.62 bits per heavy atom. The Morgan fingerprint density at radius 2 is 2.15 bits per heavy atom. The van der Waals surface area contributed by atoms with Crippen molar-refractivity contribution in [1.82, 2.24) is 9.97 Å². The third kappa shape index (κ3) is 3.02. The van der Waals surface area contributed by atoms with Gasteiger partial charge in [0.1, 0.15) is 5.82 Å². The first-order valence-corrected chi connectivity index (χ1v) is 5.01. The molecule has 0 radical (unpaired) electrons. The summed E-state index contributed by atoms with van der Waals surface area (Å²) in [6, 6.07) is 0. The topological polar surface area (TPSA) is 63.1 Å². The lowest BCUT2D eigenvalue weighted by molar-refractivity contribution is 0.0696. The summed E-state index contributed by atoms with van der Waals surface area (Å²) in [5, 5.41) is 8.57. The van der Waals surface area contributed by atoms with Crippen LogP contribution in [-0.2, 0) is 5.75 Å². The van der Waals surface area contributed by atoms with Gasteiger partial charge in [-0.05, 0) is 5.75 Å². The van der Waals surface area contributed by atoms with Crippen LogP contribution in [-0.4, -0.2) is 26.8 Å². The van der Waals surface area contributed by atoms with Gasteiger partial charge in [0.05, 0.1) is 11.3 Å². The van der Waals surface area contributed by atoms with E-state index in [9.17, 15) is 4.79 Å². The van der Waals surface area contributed by atoms with E-state index in [1.807, 2.05) is 0 Å². The lowest BCUT2D eigenvalue weighted by Gasteiger charge is -1.97. The van der Waals surface area contributed by atoms with Gasteiger partial charge < -0.3 is 5.11 Å². The number of rotatable bonds is 4. The first-order valence-electron chi connectivity index (χ1n) is 3.86. The van der Waals surface area contributed by atoms with Gasteiger partial charge in [-0.2, -0.15) is 11.8 Å². The van der Waals surface area contributed by atoms with Crippen LogP contribution < -0.4 is 0 Å². The van der Waals surface area contributed by atoms with E-state index in [1.165, 1.54) is 12.4 Å². The Morgan fingerprint density at radius 1 is 1.54 bits per heavy atom. The van der Waals surface area contributed by atoms with Gasteiger partial charge in [0.25, 0.3) is 0 Å². The normalized spacial score (nSPS) is 9.92. The van der Waals surface area contributed by atoms with Crippen molar-refractivity contribution in [3.63, 3.8) is 0 Å². The van der Waals surface area contributed by atoms with E-state index in [0.29, 0.717) is 5.82 Å². The first-order chi connectivity index (χ1) is 6.24. The molecule has 5 heteroatoms. The molecule has 0 aliphatic rings. The maximum atomic E-state index is 10.4. The summed E-state index contributed by atoms with van der Waals surface area (Å²) in [4.78, 5) is 18.3. The lowest BCUT2D eigenvalue weighted by Crippen LogP contribution is -2.00. The third-order valence-electron chi connectivity index (χ3n) is 1.39. The first kappa shape index (κ1) is 9.98. The molecule has 4 nitrogen and oxygen atoms in total. The molecule has 1 heterocycles. The molecule has 70 valence electrons. The summed E-state index contributed by atoms with van der Waals surface area (Å²) in [5.41, 5.74) is 0.130. The minimum Gasteiger partial charge on any atom is -0.478 e. The van der Waals surface area contributed by atoms with Crippen LogP contribution in [0.5, 0.6) is 0 Å². The standard InChI is InChI=1S/C8H10N2O2S/c1-2-13-5-7-9-3-6(4-10-7)8(11)12/h3-4H,2,5H2,1H3,(H,11,12). The molecule has 0 aliphatic heterocycles. The Balaban J connectivity index is 2.64. The number of aromatic nitrogens is 2. The molecule has 0 saturated carbocycles. The summed E-state index contributed by atoms with van der Waals surface area (Å²) in [5.74, 6) is 1.42. The number of nitrogens with zero attached hydrogens (tertiary/aromatic N) is 2. The van der Waals surface area contributed by atoms with Crippen LogP contribution in [0.25, 0.3) is 0 Å². The van der Waals surface area contributed by atoms with Gasteiger partial charge in [0, 0.05) is 12.4 Å². The summed E-state index contributed by atoms with van der Waals surface area (Å²) in [6.07, 6.45) is 2.67. The van der Waals surface area contributed by atoms with Crippen LogP contribution in [0.3, 0.4) is 0 Å². The van der Waals surface area contributed by atoms with Crippen LogP contribution in [0.4, 0.5) is 0 Å². The van der Waals surface area contributed by atoms with Crippen molar-refractivity contribution in [3.05, 3.63) is 23.8 Å². The molecule has 1 N–H and O–H groups in total. The summed E-state index contributed by atoms with van der Waals surface area (Å²) in [6.45, 7) is 2.05. The monoisotopic (exact) mass is 198 g/mol. The molecule has 13 heavy (non-hydrogen) atoms. The molecule has 1 aromatic rings. The van der Waals surface area contributed by atoms with Crippen LogP contribution in [0.1, 0.15) is 23.1 Å². The molecule has 1 rings (SSSR count). The zero-order valence-corrected chi connectivity index (χ0v) is 8.04. The second-order valence-corrected chi connectivity index (χ2v) is 3.60. The highest BCUT2D eigenvalue weighted by molar-refractivity contribution is 7.98. The molecular weight excluding hydrogens is 188 g/mol. The summed E-state index contributed by atoms with van der Waals surface area (Å²) < 4.78 is 0. The minimum absolute atomic E-state index is 0.130. The highest BCUT2D eigenvalue weighted by Gasteiger charge is 2.03.